The molecule has 1 aromatic carbocycles. The number of anilines is 2. The van der Waals surface area contributed by atoms with Crippen molar-refractivity contribution in [1.29, 1.82) is 0 Å². The third-order valence-electron chi connectivity index (χ3n) is 3.62. The molecule has 0 unspecified atom stereocenters. The first-order chi connectivity index (χ1) is 11.6. The summed E-state index contributed by atoms with van der Waals surface area (Å²) in [5.74, 6) is -0.159. The maximum atomic E-state index is 12.1. The summed E-state index contributed by atoms with van der Waals surface area (Å²) in [6, 6.07) is 10.7. The molecule has 2 rings (SSSR count). The second kappa shape index (κ2) is 8.82. The third-order valence-corrected chi connectivity index (χ3v) is 3.62. The monoisotopic (exact) mass is 325 g/mol. The molecule has 0 saturated heterocycles. The van der Waals surface area contributed by atoms with Gasteiger partial charge in [-0.15, -0.1) is 0 Å². The molecule has 1 aromatic heterocycles. The molecule has 0 saturated carbocycles. The highest BCUT2D eigenvalue weighted by Gasteiger charge is 2.08. The van der Waals surface area contributed by atoms with Gasteiger partial charge in [0.2, 0.25) is 0 Å². The van der Waals surface area contributed by atoms with Crippen molar-refractivity contribution in [2.75, 3.05) is 11.9 Å². The Labute approximate surface area is 142 Å². The molecule has 5 nitrogen and oxygen atoms in total. The minimum Gasteiger partial charge on any atom is -0.355 e. The van der Waals surface area contributed by atoms with Crippen LogP contribution in [0.15, 0.2) is 42.6 Å². The van der Waals surface area contributed by atoms with Crippen LogP contribution < -0.4 is 10.6 Å². The highest BCUT2D eigenvalue weighted by molar-refractivity contribution is 5.95. The predicted octanol–water partition coefficient (Wildman–Crippen LogP) is 3.95. The van der Waals surface area contributed by atoms with Crippen LogP contribution in [-0.4, -0.2) is 23.2 Å². The molecule has 24 heavy (non-hydrogen) atoms. The highest BCUT2D eigenvalue weighted by Crippen LogP contribution is 2.18. The van der Waals surface area contributed by atoms with Gasteiger partial charge in [0.25, 0.3) is 5.91 Å². The number of amides is 1. The topological polar surface area (TPSA) is 71.1 Å². The minimum absolute atomic E-state index is 0.0144. The van der Waals surface area contributed by atoms with Crippen molar-refractivity contribution < 1.29 is 9.59 Å². The van der Waals surface area contributed by atoms with Crippen molar-refractivity contribution in [3.63, 3.8) is 0 Å². The van der Waals surface area contributed by atoms with E-state index in [2.05, 4.69) is 22.5 Å². The second-order valence-electron chi connectivity index (χ2n) is 5.65. The molecular weight excluding hydrogens is 302 g/mol. The minimum atomic E-state index is -0.174. The second-order valence-corrected chi connectivity index (χ2v) is 5.65. The summed E-state index contributed by atoms with van der Waals surface area (Å²) < 4.78 is 0. The molecule has 2 aromatic rings. The van der Waals surface area contributed by atoms with Crippen LogP contribution in [0.25, 0.3) is 0 Å². The largest absolute Gasteiger partial charge is 0.355 e. The van der Waals surface area contributed by atoms with Gasteiger partial charge >= 0.3 is 0 Å². The number of ketones is 1. The zero-order valence-electron chi connectivity index (χ0n) is 14.1. The lowest BCUT2D eigenvalue weighted by molar-refractivity contribution is 0.0947. The molecule has 0 spiro atoms. The fourth-order valence-electron chi connectivity index (χ4n) is 2.28. The highest BCUT2D eigenvalue weighted by atomic mass is 16.1. The Morgan fingerprint density at radius 1 is 1.08 bits per heavy atom. The number of rotatable bonds is 8. The van der Waals surface area contributed by atoms with Crippen LogP contribution in [0.4, 0.5) is 11.4 Å². The lowest BCUT2D eigenvalue weighted by atomic mass is 10.1. The molecule has 0 bridgehead atoms. The first-order valence-electron chi connectivity index (χ1n) is 8.22. The Morgan fingerprint density at radius 2 is 1.88 bits per heavy atom. The van der Waals surface area contributed by atoms with E-state index < -0.39 is 0 Å². The molecule has 0 radical (unpaired) electrons. The quantitative estimate of drug-likeness (QED) is 0.569. The van der Waals surface area contributed by atoms with Crippen LogP contribution in [-0.2, 0) is 0 Å². The molecule has 2 N–H and O–H groups in total. The molecule has 1 amide bonds. The van der Waals surface area contributed by atoms with Gasteiger partial charge in [-0.3, -0.25) is 14.6 Å². The van der Waals surface area contributed by atoms with Crippen LogP contribution in [0.1, 0.15) is 54.0 Å². The molecule has 0 aliphatic carbocycles. The van der Waals surface area contributed by atoms with E-state index in [0.29, 0.717) is 17.8 Å². The summed E-state index contributed by atoms with van der Waals surface area (Å²) in [5, 5.41) is 6.07. The number of carbonyl (C=O) groups is 2. The summed E-state index contributed by atoms with van der Waals surface area (Å²) in [6.07, 6.45) is 4.78. The number of hydrogen-bond acceptors (Lipinski definition) is 4. The number of nitrogens with zero attached hydrogens (tertiary/aromatic N) is 1. The van der Waals surface area contributed by atoms with Crippen molar-refractivity contribution in [3.05, 3.63) is 53.9 Å². The van der Waals surface area contributed by atoms with E-state index in [1.165, 1.54) is 6.92 Å². The summed E-state index contributed by atoms with van der Waals surface area (Å²) in [7, 11) is 0. The number of pyridine rings is 1. The van der Waals surface area contributed by atoms with E-state index in [-0.39, 0.29) is 11.7 Å². The molecule has 0 aliphatic rings. The number of benzene rings is 1. The maximum Gasteiger partial charge on any atom is 0.269 e. The fourth-order valence-corrected chi connectivity index (χ4v) is 2.28. The van der Waals surface area contributed by atoms with Crippen molar-refractivity contribution in [1.82, 2.24) is 10.3 Å². The molecule has 0 fully saturated rings. The van der Waals surface area contributed by atoms with Crippen molar-refractivity contribution >= 4 is 23.1 Å². The van der Waals surface area contributed by atoms with Crippen LogP contribution in [0.2, 0.25) is 0 Å². The molecule has 0 aliphatic heterocycles. The number of aromatic nitrogens is 1. The Hall–Kier alpha value is -2.69. The Kier molecular flexibility index (Phi) is 6.49. The molecular formula is C19H23N3O2. The SMILES string of the molecule is CCCCCNC(=O)c1cc(Nc2cccc(C(C)=O)c2)ccn1. The average molecular weight is 325 g/mol. The van der Waals surface area contributed by atoms with Gasteiger partial charge in [-0.1, -0.05) is 31.9 Å². The molecule has 1 heterocycles. The Balaban J connectivity index is 2.03. The van der Waals surface area contributed by atoms with Gasteiger partial charge in [0.05, 0.1) is 0 Å². The average Bonchev–Trinajstić information content (AvgIpc) is 2.59. The van der Waals surface area contributed by atoms with E-state index in [0.717, 1.165) is 30.6 Å². The van der Waals surface area contributed by atoms with Gasteiger partial charge in [-0.05, 0) is 37.6 Å². The van der Waals surface area contributed by atoms with Crippen LogP contribution >= 0.6 is 0 Å². The first kappa shape index (κ1) is 17.7. The summed E-state index contributed by atoms with van der Waals surface area (Å²) in [6.45, 7) is 4.32. The van der Waals surface area contributed by atoms with Crippen LogP contribution in [0, 0.1) is 0 Å². The van der Waals surface area contributed by atoms with E-state index >= 15 is 0 Å². The number of carbonyl (C=O) groups excluding carboxylic acids is 2. The van der Waals surface area contributed by atoms with Gasteiger partial charge in [0.15, 0.2) is 5.78 Å². The van der Waals surface area contributed by atoms with Gasteiger partial charge in [-0.25, -0.2) is 0 Å². The van der Waals surface area contributed by atoms with Gasteiger partial charge in [-0.2, -0.15) is 0 Å². The normalized spacial score (nSPS) is 10.2. The molecule has 126 valence electrons. The van der Waals surface area contributed by atoms with Gasteiger partial charge < -0.3 is 10.6 Å². The van der Waals surface area contributed by atoms with E-state index in [9.17, 15) is 9.59 Å². The summed E-state index contributed by atoms with van der Waals surface area (Å²) >= 11 is 0. The number of Topliss-reactive ketones (excluding diaryl/α,β-unsaturated/α-hetero) is 1. The standard InChI is InChI=1S/C19H23N3O2/c1-3-4-5-10-21-19(24)18-13-17(9-11-20-18)22-16-8-6-7-15(12-16)14(2)23/h6-9,11-13H,3-5,10H2,1-2H3,(H,20,22)(H,21,24). The number of nitrogens with one attached hydrogen (secondary N) is 2. The maximum absolute atomic E-state index is 12.1. The Morgan fingerprint density at radius 3 is 2.62 bits per heavy atom. The summed E-state index contributed by atoms with van der Waals surface area (Å²) in [4.78, 5) is 27.7. The zero-order chi connectivity index (χ0) is 17.4. The zero-order valence-corrected chi connectivity index (χ0v) is 14.1. The molecule has 5 heteroatoms. The fraction of sp³-hybridized carbons (Fsp3) is 0.316. The smallest absolute Gasteiger partial charge is 0.269 e. The van der Waals surface area contributed by atoms with Gasteiger partial charge in [0, 0.05) is 29.7 Å². The van der Waals surface area contributed by atoms with Crippen molar-refractivity contribution in [2.45, 2.75) is 33.1 Å². The number of unbranched alkanes of at least 4 members (excludes halogenated alkanes) is 2. The van der Waals surface area contributed by atoms with E-state index in [1.807, 2.05) is 12.1 Å². The van der Waals surface area contributed by atoms with Gasteiger partial charge in [0.1, 0.15) is 5.69 Å². The predicted molar refractivity (Wildman–Crippen MR) is 95.8 cm³/mol. The van der Waals surface area contributed by atoms with Crippen molar-refractivity contribution in [3.8, 4) is 0 Å². The lowest BCUT2D eigenvalue weighted by Crippen LogP contribution is -2.25. The van der Waals surface area contributed by atoms with Crippen LogP contribution in [0.3, 0.4) is 0 Å². The lowest BCUT2D eigenvalue weighted by Gasteiger charge is -2.09. The molecule has 0 atom stereocenters. The summed E-state index contributed by atoms with van der Waals surface area (Å²) in [5.41, 5.74) is 2.56. The third kappa shape index (κ3) is 5.19. The number of hydrogen-bond donors (Lipinski definition) is 2. The first-order valence-corrected chi connectivity index (χ1v) is 8.22. The van der Waals surface area contributed by atoms with E-state index in [4.69, 9.17) is 0 Å². The Bertz CT molecular complexity index is 713. The van der Waals surface area contributed by atoms with Crippen molar-refractivity contribution in [2.24, 2.45) is 0 Å². The van der Waals surface area contributed by atoms with Crippen LogP contribution in [0.5, 0.6) is 0 Å². The van der Waals surface area contributed by atoms with E-state index in [1.54, 1.807) is 30.5 Å².